The normalized spacial score (nSPS) is 9.00. The molecule has 5 heteroatoms. The topological polar surface area (TPSA) is 75.4 Å². The summed E-state index contributed by atoms with van der Waals surface area (Å²) in [7, 11) is 0. The highest BCUT2D eigenvalue weighted by Gasteiger charge is 2.04. The van der Waals surface area contributed by atoms with E-state index in [2.05, 4.69) is 9.68 Å². The third kappa shape index (κ3) is 1.06. The van der Waals surface area contributed by atoms with Gasteiger partial charge in [-0.05, 0) is 0 Å². The first kappa shape index (κ1) is 5.77. The summed E-state index contributed by atoms with van der Waals surface area (Å²) in [5.41, 5.74) is 1.46. The smallest absolute Gasteiger partial charge is 0.296 e. The zero-order chi connectivity index (χ0) is 6.69. The van der Waals surface area contributed by atoms with Crippen molar-refractivity contribution in [2.24, 2.45) is 0 Å². The maximum atomic E-state index is 10.4. The van der Waals surface area contributed by atoms with Crippen molar-refractivity contribution >= 4 is 5.91 Å². The Hall–Kier alpha value is -1.36. The summed E-state index contributed by atoms with van der Waals surface area (Å²) in [4.78, 5) is 10.4. The van der Waals surface area contributed by atoms with Gasteiger partial charge < -0.3 is 4.52 Å². The van der Waals surface area contributed by atoms with E-state index in [0.717, 1.165) is 0 Å². The van der Waals surface area contributed by atoms with E-state index in [9.17, 15) is 4.79 Å². The Bertz CT molecular complexity index is 194. The van der Waals surface area contributed by atoms with Crippen LogP contribution in [0.3, 0.4) is 0 Å². The lowest BCUT2D eigenvalue weighted by molar-refractivity contribution is 0.0696. The minimum absolute atomic E-state index is 0.0532. The summed E-state index contributed by atoms with van der Waals surface area (Å²) >= 11 is 0. The first-order valence-electron chi connectivity index (χ1n) is 2.19. The van der Waals surface area contributed by atoms with E-state index in [4.69, 9.17) is 5.21 Å². The van der Waals surface area contributed by atoms with Gasteiger partial charge in [0.15, 0.2) is 5.69 Å². The molecule has 0 saturated carbocycles. The Morgan fingerprint density at radius 1 is 1.89 bits per heavy atom. The maximum Gasteiger partial charge on any atom is 0.296 e. The summed E-state index contributed by atoms with van der Waals surface area (Å²) in [5.74, 6) is -0.677. The Morgan fingerprint density at radius 2 is 2.67 bits per heavy atom. The van der Waals surface area contributed by atoms with E-state index >= 15 is 0 Å². The fourth-order valence-electron chi connectivity index (χ4n) is 0.387. The van der Waals surface area contributed by atoms with Crippen molar-refractivity contribution in [2.45, 2.75) is 0 Å². The molecule has 0 saturated heterocycles. The second kappa shape index (κ2) is 2.27. The van der Waals surface area contributed by atoms with Crippen molar-refractivity contribution in [2.75, 3.05) is 0 Å². The molecule has 48 valence electrons. The fourth-order valence-corrected chi connectivity index (χ4v) is 0.387. The standard InChI is InChI=1S/C4H4N2O3/c7-4(5-8)3-1-2-9-6-3/h1-2,8H,(H,5,7). The van der Waals surface area contributed by atoms with Gasteiger partial charge in [0.05, 0.1) is 0 Å². The zero-order valence-corrected chi connectivity index (χ0v) is 4.37. The Morgan fingerprint density at radius 3 is 3.11 bits per heavy atom. The van der Waals surface area contributed by atoms with Crippen molar-refractivity contribution in [1.82, 2.24) is 10.6 Å². The van der Waals surface area contributed by atoms with Gasteiger partial charge >= 0.3 is 0 Å². The zero-order valence-electron chi connectivity index (χ0n) is 4.37. The van der Waals surface area contributed by atoms with E-state index in [0.29, 0.717) is 0 Å². The third-order valence-electron chi connectivity index (χ3n) is 0.772. The minimum atomic E-state index is -0.677. The first-order chi connectivity index (χ1) is 4.34. The van der Waals surface area contributed by atoms with Crippen LogP contribution in [0.5, 0.6) is 0 Å². The molecule has 2 N–H and O–H groups in total. The van der Waals surface area contributed by atoms with Crippen LogP contribution in [0.2, 0.25) is 0 Å². The molecule has 0 aromatic carbocycles. The lowest BCUT2D eigenvalue weighted by Gasteiger charge is -1.86. The number of rotatable bonds is 1. The highest BCUT2D eigenvalue weighted by Crippen LogP contribution is 1.91. The van der Waals surface area contributed by atoms with E-state index in [1.54, 1.807) is 0 Å². The molecule has 0 bridgehead atoms. The molecule has 1 heterocycles. The van der Waals surface area contributed by atoms with Crippen LogP contribution >= 0.6 is 0 Å². The lowest BCUT2D eigenvalue weighted by Crippen LogP contribution is -2.18. The van der Waals surface area contributed by atoms with Crippen LogP contribution in [0, 0.1) is 0 Å². The molecule has 1 aromatic heterocycles. The first-order valence-corrected chi connectivity index (χ1v) is 2.19. The number of hydrogen-bond acceptors (Lipinski definition) is 4. The van der Waals surface area contributed by atoms with Crippen LogP contribution in [0.1, 0.15) is 10.5 Å². The number of hydroxylamine groups is 1. The number of hydrogen-bond donors (Lipinski definition) is 2. The van der Waals surface area contributed by atoms with Crippen LogP contribution < -0.4 is 5.48 Å². The van der Waals surface area contributed by atoms with Crippen molar-refractivity contribution in [1.29, 1.82) is 0 Å². The molecule has 9 heavy (non-hydrogen) atoms. The average molecular weight is 128 g/mol. The lowest BCUT2D eigenvalue weighted by atomic mass is 10.4. The van der Waals surface area contributed by atoms with Gasteiger partial charge in [0.2, 0.25) is 0 Å². The average Bonchev–Trinajstić information content (AvgIpc) is 2.37. The van der Waals surface area contributed by atoms with Crippen molar-refractivity contribution in [3.05, 3.63) is 18.0 Å². The quantitative estimate of drug-likeness (QED) is 0.405. The molecule has 0 unspecified atom stereocenters. The van der Waals surface area contributed by atoms with Crippen LogP contribution in [0.4, 0.5) is 0 Å². The minimum Gasteiger partial charge on any atom is -0.364 e. The monoisotopic (exact) mass is 128 g/mol. The molecule has 0 fully saturated rings. The van der Waals surface area contributed by atoms with E-state index in [-0.39, 0.29) is 5.69 Å². The highest BCUT2D eigenvalue weighted by molar-refractivity contribution is 5.90. The van der Waals surface area contributed by atoms with Crippen molar-refractivity contribution in [3.8, 4) is 0 Å². The number of nitrogens with zero attached hydrogens (tertiary/aromatic N) is 1. The van der Waals surface area contributed by atoms with Gasteiger partial charge in [-0.2, -0.15) is 0 Å². The molecule has 5 nitrogen and oxygen atoms in total. The molecule has 1 aromatic rings. The molecule has 1 amide bonds. The summed E-state index contributed by atoms with van der Waals surface area (Å²) in [6.07, 6.45) is 1.24. The van der Waals surface area contributed by atoms with E-state index in [1.807, 2.05) is 0 Å². The van der Waals surface area contributed by atoms with Gasteiger partial charge in [0.25, 0.3) is 5.91 Å². The van der Waals surface area contributed by atoms with Crippen molar-refractivity contribution < 1.29 is 14.5 Å². The van der Waals surface area contributed by atoms with Crippen LogP contribution in [0.25, 0.3) is 0 Å². The van der Waals surface area contributed by atoms with Gasteiger partial charge in [0, 0.05) is 6.07 Å². The molecule has 0 aliphatic rings. The number of amides is 1. The van der Waals surface area contributed by atoms with Crippen LogP contribution in [-0.4, -0.2) is 16.3 Å². The molecule has 1 rings (SSSR count). The predicted octanol–water partition coefficient (Wildman–Crippen LogP) is -0.206. The summed E-state index contributed by atoms with van der Waals surface area (Å²) in [6, 6.07) is 1.34. The number of carbonyl (C=O) groups excluding carboxylic acids is 1. The molecule has 0 spiro atoms. The Kier molecular flexibility index (Phi) is 1.46. The van der Waals surface area contributed by atoms with Gasteiger partial charge in [-0.25, -0.2) is 5.48 Å². The Balaban J connectivity index is 2.77. The van der Waals surface area contributed by atoms with Gasteiger partial charge in [-0.1, -0.05) is 5.16 Å². The summed E-state index contributed by atoms with van der Waals surface area (Å²) in [6.45, 7) is 0. The molecule has 0 atom stereocenters. The highest BCUT2D eigenvalue weighted by atomic mass is 16.5. The molecule has 0 radical (unpaired) electrons. The molecular weight excluding hydrogens is 124 g/mol. The van der Waals surface area contributed by atoms with E-state index < -0.39 is 5.91 Å². The largest absolute Gasteiger partial charge is 0.364 e. The van der Waals surface area contributed by atoms with Gasteiger partial charge in [0.1, 0.15) is 6.26 Å². The third-order valence-corrected chi connectivity index (χ3v) is 0.772. The SMILES string of the molecule is O=C(NO)c1ccon1. The van der Waals surface area contributed by atoms with Crippen LogP contribution in [0.15, 0.2) is 16.9 Å². The summed E-state index contributed by atoms with van der Waals surface area (Å²) in [5, 5.41) is 11.3. The molecular formula is C4H4N2O3. The van der Waals surface area contributed by atoms with Crippen molar-refractivity contribution in [3.63, 3.8) is 0 Å². The second-order valence-corrected chi connectivity index (χ2v) is 1.33. The maximum absolute atomic E-state index is 10.4. The summed E-state index contributed by atoms with van der Waals surface area (Å²) < 4.78 is 4.32. The van der Waals surface area contributed by atoms with Crippen LogP contribution in [-0.2, 0) is 0 Å². The van der Waals surface area contributed by atoms with Gasteiger partial charge in [-0.15, -0.1) is 0 Å². The van der Waals surface area contributed by atoms with E-state index in [1.165, 1.54) is 17.8 Å². The molecule has 0 aliphatic heterocycles. The number of carbonyl (C=O) groups is 1. The second-order valence-electron chi connectivity index (χ2n) is 1.33. The Labute approximate surface area is 50.2 Å². The molecule has 0 aliphatic carbocycles. The number of nitrogens with one attached hydrogen (secondary N) is 1. The number of aromatic nitrogens is 1. The van der Waals surface area contributed by atoms with Gasteiger partial charge in [-0.3, -0.25) is 10.0 Å². The fraction of sp³-hybridized carbons (Fsp3) is 0. The predicted molar refractivity (Wildman–Crippen MR) is 25.8 cm³/mol.